The molecule has 0 unspecified atom stereocenters. The standard InChI is InChI=1S/C17H28F2N2O2/c18-17(19)8-3-13(4-9-17)12-20-15(22)21-14-5-10-23-16(11-14)6-1-2-7-16/h13-14H,1-12H2,(H2,20,21,22)/t14-/m1/s1. The van der Waals surface area contributed by atoms with E-state index < -0.39 is 5.92 Å². The molecule has 0 aromatic rings. The van der Waals surface area contributed by atoms with Crippen LogP contribution in [0.15, 0.2) is 0 Å². The van der Waals surface area contributed by atoms with E-state index >= 15 is 0 Å². The van der Waals surface area contributed by atoms with Gasteiger partial charge in [0.1, 0.15) is 0 Å². The average molecular weight is 330 g/mol. The van der Waals surface area contributed by atoms with Gasteiger partial charge in [0.15, 0.2) is 0 Å². The fourth-order valence-corrected chi connectivity index (χ4v) is 4.30. The highest BCUT2D eigenvalue weighted by atomic mass is 19.3. The molecular weight excluding hydrogens is 302 g/mol. The Hall–Kier alpha value is -0.910. The number of amides is 2. The minimum Gasteiger partial charge on any atom is -0.375 e. The summed E-state index contributed by atoms with van der Waals surface area (Å²) in [7, 11) is 0. The number of nitrogens with one attached hydrogen (secondary N) is 2. The third kappa shape index (κ3) is 4.55. The Morgan fingerprint density at radius 2 is 1.78 bits per heavy atom. The van der Waals surface area contributed by atoms with Crippen LogP contribution in [0, 0.1) is 5.92 Å². The van der Waals surface area contributed by atoms with E-state index in [0.717, 1.165) is 25.7 Å². The van der Waals surface area contributed by atoms with Crippen LogP contribution in [0.25, 0.3) is 0 Å². The summed E-state index contributed by atoms with van der Waals surface area (Å²) in [5.74, 6) is -2.33. The summed E-state index contributed by atoms with van der Waals surface area (Å²) in [6.45, 7) is 1.21. The summed E-state index contributed by atoms with van der Waals surface area (Å²) in [6, 6.07) is -0.0000743. The zero-order valence-corrected chi connectivity index (χ0v) is 13.7. The predicted octanol–water partition coefficient (Wildman–Crippen LogP) is 3.60. The van der Waals surface area contributed by atoms with E-state index in [0.29, 0.717) is 26.0 Å². The number of ether oxygens (including phenoxy) is 1. The number of carbonyl (C=O) groups excluding carboxylic acids is 1. The normalized spacial score (nSPS) is 30.3. The molecule has 4 nitrogen and oxygen atoms in total. The van der Waals surface area contributed by atoms with Crippen LogP contribution in [0.3, 0.4) is 0 Å². The molecule has 6 heteroatoms. The molecule has 0 bridgehead atoms. The van der Waals surface area contributed by atoms with Crippen molar-refractivity contribution in [3.05, 3.63) is 0 Å². The average Bonchev–Trinajstić information content (AvgIpc) is 2.94. The molecule has 1 atom stereocenters. The third-order valence-corrected chi connectivity index (χ3v) is 5.73. The summed E-state index contributed by atoms with van der Waals surface area (Å²) < 4.78 is 32.2. The van der Waals surface area contributed by atoms with E-state index in [1.807, 2.05) is 0 Å². The Bertz CT molecular complexity index is 415. The number of hydrogen-bond acceptors (Lipinski definition) is 2. The zero-order chi connectivity index (χ0) is 16.3. The molecule has 1 heterocycles. The molecule has 0 aromatic carbocycles. The van der Waals surface area contributed by atoms with E-state index in [1.165, 1.54) is 12.8 Å². The van der Waals surface area contributed by atoms with Crippen LogP contribution in [0.1, 0.15) is 64.2 Å². The van der Waals surface area contributed by atoms with Gasteiger partial charge in [0.2, 0.25) is 5.92 Å². The van der Waals surface area contributed by atoms with E-state index in [2.05, 4.69) is 10.6 Å². The van der Waals surface area contributed by atoms with E-state index in [4.69, 9.17) is 4.74 Å². The van der Waals surface area contributed by atoms with Gasteiger partial charge in [0.25, 0.3) is 0 Å². The van der Waals surface area contributed by atoms with Crippen molar-refractivity contribution in [2.24, 2.45) is 5.92 Å². The van der Waals surface area contributed by atoms with Crippen LogP contribution in [-0.4, -0.2) is 36.7 Å². The largest absolute Gasteiger partial charge is 0.375 e. The maximum absolute atomic E-state index is 13.1. The molecule has 1 aliphatic heterocycles. The Balaban J connectivity index is 1.38. The molecule has 0 aromatic heterocycles. The van der Waals surface area contributed by atoms with Crippen molar-refractivity contribution in [3.8, 4) is 0 Å². The number of hydrogen-bond donors (Lipinski definition) is 2. The fraction of sp³-hybridized carbons (Fsp3) is 0.941. The van der Waals surface area contributed by atoms with Gasteiger partial charge in [-0.1, -0.05) is 12.8 Å². The van der Waals surface area contributed by atoms with Crippen LogP contribution in [0.4, 0.5) is 13.6 Å². The highest BCUT2D eigenvalue weighted by Gasteiger charge is 2.40. The van der Waals surface area contributed by atoms with Crippen molar-refractivity contribution in [3.63, 3.8) is 0 Å². The third-order valence-electron chi connectivity index (χ3n) is 5.73. The van der Waals surface area contributed by atoms with Gasteiger partial charge in [-0.05, 0) is 44.4 Å². The van der Waals surface area contributed by atoms with Crippen LogP contribution in [0.5, 0.6) is 0 Å². The van der Waals surface area contributed by atoms with Gasteiger partial charge in [-0.15, -0.1) is 0 Å². The lowest BCUT2D eigenvalue weighted by Crippen LogP contribution is -2.50. The number of rotatable bonds is 3. The zero-order valence-electron chi connectivity index (χ0n) is 13.7. The molecule has 23 heavy (non-hydrogen) atoms. The maximum atomic E-state index is 13.1. The predicted molar refractivity (Wildman–Crippen MR) is 83.6 cm³/mol. The van der Waals surface area contributed by atoms with Crippen molar-refractivity contribution in [2.45, 2.75) is 81.8 Å². The molecule has 132 valence electrons. The maximum Gasteiger partial charge on any atom is 0.315 e. The first-order chi connectivity index (χ1) is 11.0. The Morgan fingerprint density at radius 3 is 2.48 bits per heavy atom. The summed E-state index contributed by atoms with van der Waals surface area (Å²) in [5.41, 5.74) is -0.00878. The highest BCUT2D eigenvalue weighted by Crippen LogP contribution is 2.40. The molecule has 0 radical (unpaired) electrons. The first kappa shape index (κ1) is 16.9. The molecule has 2 N–H and O–H groups in total. The number of alkyl halides is 2. The number of carbonyl (C=O) groups is 1. The quantitative estimate of drug-likeness (QED) is 0.831. The van der Waals surface area contributed by atoms with Gasteiger partial charge >= 0.3 is 6.03 Å². The molecule has 3 rings (SSSR count). The van der Waals surface area contributed by atoms with Gasteiger partial charge in [-0.2, -0.15) is 0 Å². The lowest BCUT2D eigenvalue weighted by molar-refractivity contribution is -0.0820. The molecule has 3 fully saturated rings. The Morgan fingerprint density at radius 1 is 1.09 bits per heavy atom. The smallest absolute Gasteiger partial charge is 0.315 e. The minimum atomic E-state index is -2.50. The van der Waals surface area contributed by atoms with E-state index in [-0.39, 0.29) is 36.4 Å². The van der Waals surface area contributed by atoms with Gasteiger partial charge in [-0.3, -0.25) is 0 Å². The molecular formula is C17H28F2N2O2. The van der Waals surface area contributed by atoms with Crippen LogP contribution >= 0.6 is 0 Å². The molecule has 2 amide bonds. The van der Waals surface area contributed by atoms with Crippen molar-refractivity contribution in [1.82, 2.24) is 10.6 Å². The summed E-state index contributed by atoms with van der Waals surface area (Å²) in [4.78, 5) is 12.1. The van der Waals surface area contributed by atoms with Gasteiger partial charge in [-0.25, -0.2) is 13.6 Å². The monoisotopic (exact) mass is 330 g/mol. The Kier molecular flexibility index (Phi) is 5.09. The second kappa shape index (κ2) is 6.91. The van der Waals surface area contributed by atoms with Gasteiger partial charge in [0.05, 0.1) is 5.60 Å². The second-order valence-electron chi connectivity index (χ2n) is 7.58. The highest BCUT2D eigenvalue weighted by molar-refractivity contribution is 5.74. The lowest BCUT2D eigenvalue weighted by Gasteiger charge is -2.38. The molecule has 2 saturated carbocycles. The Labute approximate surface area is 136 Å². The topological polar surface area (TPSA) is 50.4 Å². The van der Waals surface area contributed by atoms with Gasteiger partial charge < -0.3 is 15.4 Å². The second-order valence-corrected chi connectivity index (χ2v) is 7.58. The van der Waals surface area contributed by atoms with E-state index in [9.17, 15) is 13.6 Å². The molecule has 2 aliphatic carbocycles. The fourth-order valence-electron chi connectivity index (χ4n) is 4.30. The first-order valence-electron chi connectivity index (χ1n) is 9.03. The minimum absolute atomic E-state index is 0.00878. The first-order valence-corrected chi connectivity index (χ1v) is 9.03. The number of urea groups is 1. The van der Waals surface area contributed by atoms with Gasteiger partial charge in [0, 0.05) is 32.0 Å². The summed E-state index contributed by atoms with van der Waals surface area (Å²) >= 11 is 0. The van der Waals surface area contributed by atoms with Crippen LogP contribution < -0.4 is 10.6 Å². The van der Waals surface area contributed by atoms with Crippen LogP contribution in [-0.2, 0) is 4.74 Å². The molecule has 3 aliphatic rings. The SMILES string of the molecule is O=C(NCC1CCC(F)(F)CC1)N[C@@H]1CCOC2(CCCC2)C1. The number of halogens is 2. The lowest BCUT2D eigenvalue weighted by atomic mass is 9.87. The van der Waals surface area contributed by atoms with Crippen molar-refractivity contribution in [2.75, 3.05) is 13.2 Å². The molecule has 1 spiro atoms. The van der Waals surface area contributed by atoms with Crippen molar-refractivity contribution in [1.29, 1.82) is 0 Å². The summed E-state index contributed by atoms with van der Waals surface area (Å²) in [6.07, 6.45) is 7.26. The molecule has 1 saturated heterocycles. The van der Waals surface area contributed by atoms with Crippen LogP contribution in [0.2, 0.25) is 0 Å². The summed E-state index contributed by atoms with van der Waals surface area (Å²) in [5, 5.41) is 5.92. The van der Waals surface area contributed by atoms with Crippen molar-refractivity contribution < 1.29 is 18.3 Å². The van der Waals surface area contributed by atoms with Crippen molar-refractivity contribution >= 4 is 6.03 Å². The van der Waals surface area contributed by atoms with E-state index in [1.54, 1.807) is 0 Å².